The predicted octanol–water partition coefficient (Wildman–Crippen LogP) is 4.51. The number of carbonyl (C=O) groups excluding carboxylic acids is 2. The molecule has 2 aromatic carbocycles. The fourth-order valence-corrected chi connectivity index (χ4v) is 2.01. The molecule has 2 rings (SSSR count). The third-order valence-corrected chi connectivity index (χ3v) is 3.42. The van der Waals surface area contributed by atoms with Crippen LogP contribution in [0.4, 0.5) is 0 Å². The number of ether oxygens (including phenoxy) is 2. The molecule has 0 N–H and O–H groups in total. The van der Waals surface area contributed by atoms with Gasteiger partial charge >= 0.3 is 11.9 Å². The fourth-order valence-electron chi connectivity index (χ4n) is 2.01. The molecule has 0 fully saturated rings. The van der Waals surface area contributed by atoms with E-state index in [4.69, 9.17) is 9.47 Å². The second-order valence-electron chi connectivity index (χ2n) is 5.56. The number of benzene rings is 2. The van der Waals surface area contributed by atoms with Crippen molar-refractivity contribution in [3.05, 3.63) is 84.5 Å². The summed E-state index contributed by atoms with van der Waals surface area (Å²) in [5, 5.41) is 0. The zero-order valence-electron chi connectivity index (χ0n) is 14.2. The van der Waals surface area contributed by atoms with Gasteiger partial charge in [-0.05, 0) is 61.7 Å². The topological polar surface area (TPSA) is 52.6 Å². The molecule has 0 heterocycles. The monoisotopic (exact) mass is 336 g/mol. The zero-order chi connectivity index (χ0) is 18.2. The lowest BCUT2D eigenvalue weighted by Gasteiger charge is -2.07. The molecular formula is C21H20O4. The van der Waals surface area contributed by atoms with Gasteiger partial charge in [0.15, 0.2) is 0 Å². The molecule has 0 aliphatic heterocycles. The van der Waals surface area contributed by atoms with Crippen LogP contribution in [0.3, 0.4) is 0 Å². The maximum Gasteiger partial charge on any atom is 0.343 e. The van der Waals surface area contributed by atoms with E-state index in [0.29, 0.717) is 22.6 Å². The zero-order valence-corrected chi connectivity index (χ0v) is 14.2. The molecule has 0 aliphatic carbocycles. The van der Waals surface area contributed by atoms with Gasteiger partial charge < -0.3 is 9.47 Å². The van der Waals surface area contributed by atoms with E-state index >= 15 is 0 Å². The lowest BCUT2D eigenvalue weighted by molar-refractivity contribution is -0.130. The van der Waals surface area contributed by atoms with Gasteiger partial charge in [-0.25, -0.2) is 9.59 Å². The summed E-state index contributed by atoms with van der Waals surface area (Å²) >= 11 is 0. The van der Waals surface area contributed by atoms with Gasteiger partial charge in [0.1, 0.15) is 11.5 Å². The molecule has 0 saturated heterocycles. The van der Waals surface area contributed by atoms with Crippen molar-refractivity contribution in [2.24, 2.45) is 0 Å². The molecule has 0 aromatic heterocycles. The predicted molar refractivity (Wildman–Crippen MR) is 96.8 cm³/mol. The van der Waals surface area contributed by atoms with Gasteiger partial charge in [-0.2, -0.15) is 0 Å². The molecule has 0 spiro atoms. The van der Waals surface area contributed by atoms with Crippen LogP contribution in [0.15, 0.2) is 73.3 Å². The smallest absolute Gasteiger partial charge is 0.343 e. The number of hydrogen-bond acceptors (Lipinski definition) is 4. The van der Waals surface area contributed by atoms with Crippen molar-refractivity contribution in [1.82, 2.24) is 0 Å². The first kappa shape index (κ1) is 18.2. The molecular weight excluding hydrogens is 316 g/mol. The Kier molecular flexibility index (Phi) is 6.29. The normalized spacial score (nSPS) is 9.96. The standard InChI is InChI=1S/C21H20O4/c1-4-5-6-16-7-9-17(10-8-16)21(23)25-19-13-11-18(12-14-19)24-20(22)15(2)3/h4,7-14H,1-2,5-6H2,3H3. The molecule has 4 heteroatoms. The van der Waals surface area contributed by atoms with Crippen molar-refractivity contribution >= 4 is 11.9 Å². The Morgan fingerprint density at radius 1 is 0.960 bits per heavy atom. The van der Waals surface area contributed by atoms with E-state index < -0.39 is 11.9 Å². The summed E-state index contributed by atoms with van der Waals surface area (Å²) in [7, 11) is 0. The number of rotatable bonds is 7. The summed E-state index contributed by atoms with van der Waals surface area (Å²) in [4.78, 5) is 23.6. The molecule has 2 aromatic rings. The SMILES string of the molecule is C=CCCc1ccc(C(=O)Oc2ccc(OC(=O)C(=C)C)cc2)cc1. The van der Waals surface area contributed by atoms with Crippen molar-refractivity contribution in [2.45, 2.75) is 19.8 Å². The Bertz CT molecular complexity index is 771. The number of carbonyl (C=O) groups is 2. The molecule has 0 bridgehead atoms. The molecule has 128 valence electrons. The lowest BCUT2D eigenvalue weighted by Crippen LogP contribution is -2.09. The minimum Gasteiger partial charge on any atom is -0.423 e. The molecule has 0 atom stereocenters. The maximum atomic E-state index is 12.2. The lowest BCUT2D eigenvalue weighted by atomic mass is 10.1. The van der Waals surface area contributed by atoms with E-state index in [1.54, 1.807) is 43.3 Å². The minimum absolute atomic E-state index is 0.312. The average Bonchev–Trinajstić information content (AvgIpc) is 2.61. The van der Waals surface area contributed by atoms with Gasteiger partial charge in [-0.3, -0.25) is 0 Å². The Balaban J connectivity index is 1.97. The van der Waals surface area contributed by atoms with Crippen molar-refractivity contribution in [2.75, 3.05) is 0 Å². The van der Waals surface area contributed by atoms with Crippen molar-refractivity contribution < 1.29 is 19.1 Å². The van der Waals surface area contributed by atoms with Gasteiger partial charge in [-0.1, -0.05) is 24.8 Å². The van der Waals surface area contributed by atoms with Crippen molar-refractivity contribution in [1.29, 1.82) is 0 Å². The van der Waals surface area contributed by atoms with E-state index in [9.17, 15) is 9.59 Å². The summed E-state index contributed by atoms with van der Waals surface area (Å²) in [5.74, 6) is -0.210. The van der Waals surface area contributed by atoms with Gasteiger partial charge in [0, 0.05) is 5.57 Å². The Hall–Kier alpha value is -3.14. The van der Waals surface area contributed by atoms with Crippen LogP contribution >= 0.6 is 0 Å². The highest BCUT2D eigenvalue weighted by atomic mass is 16.5. The first-order chi connectivity index (χ1) is 12.0. The van der Waals surface area contributed by atoms with Crippen LogP contribution in [0.1, 0.15) is 29.3 Å². The molecule has 0 unspecified atom stereocenters. The van der Waals surface area contributed by atoms with Crippen LogP contribution in [-0.4, -0.2) is 11.9 Å². The highest BCUT2D eigenvalue weighted by Gasteiger charge is 2.10. The number of esters is 2. The molecule has 0 aliphatic rings. The Morgan fingerprint density at radius 3 is 2.04 bits per heavy atom. The van der Waals surface area contributed by atoms with Crippen LogP contribution in [0, 0.1) is 0 Å². The highest BCUT2D eigenvalue weighted by Crippen LogP contribution is 2.19. The van der Waals surface area contributed by atoms with E-state index in [0.717, 1.165) is 18.4 Å². The maximum absolute atomic E-state index is 12.2. The summed E-state index contributed by atoms with van der Waals surface area (Å²) in [5.41, 5.74) is 1.92. The van der Waals surface area contributed by atoms with E-state index in [2.05, 4.69) is 13.2 Å². The molecule has 4 nitrogen and oxygen atoms in total. The average molecular weight is 336 g/mol. The number of aryl methyl sites for hydroxylation is 1. The second-order valence-corrected chi connectivity index (χ2v) is 5.56. The number of allylic oxidation sites excluding steroid dienone is 1. The summed E-state index contributed by atoms with van der Waals surface area (Å²) < 4.78 is 10.4. The van der Waals surface area contributed by atoms with E-state index in [1.807, 2.05) is 18.2 Å². The summed E-state index contributed by atoms with van der Waals surface area (Å²) in [6.45, 7) is 8.78. The van der Waals surface area contributed by atoms with Crippen LogP contribution < -0.4 is 9.47 Å². The van der Waals surface area contributed by atoms with Crippen molar-refractivity contribution in [3.63, 3.8) is 0 Å². The van der Waals surface area contributed by atoms with Gasteiger partial charge in [0.2, 0.25) is 0 Å². The first-order valence-electron chi connectivity index (χ1n) is 7.89. The highest BCUT2D eigenvalue weighted by molar-refractivity contribution is 5.91. The third kappa shape index (κ3) is 5.46. The van der Waals surface area contributed by atoms with Gasteiger partial charge in [0.05, 0.1) is 5.56 Å². The number of hydrogen-bond donors (Lipinski definition) is 0. The molecule has 0 amide bonds. The third-order valence-electron chi connectivity index (χ3n) is 3.42. The van der Waals surface area contributed by atoms with Gasteiger partial charge in [0.25, 0.3) is 0 Å². The Labute approximate surface area is 147 Å². The van der Waals surface area contributed by atoms with Crippen LogP contribution in [0.5, 0.6) is 11.5 Å². The largest absolute Gasteiger partial charge is 0.423 e. The van der Waals surface area contributed by atoms with Crippen LogP contribution in [0.25, 0.3) is 0 Å². The summed E-state index contributed by atoms with van der Waals surface area (Å²) in [6, 6.07) is 13.5. The fraction of sp³-hybridized carbons (Fsp3) is 0.143. The molecule has 0 radical (unpaired) electrons. The van der Waals surface area contributed by atoms with Crippen LogP contribution in [-0.2, 0) is 11.2 Å². The molecule has 0 saturated carbocycles. The second kappa shape index (κ2) is 8.64. The van der Waals surface area contributed by atoms with Gasteiger partial charge in [-0.15, -0.1) is 6.58 Å². The van der Waals surface area contributed by atoms with E-state index in [1.165, 1.54) is 0 Å². The van der Waals surface area contributed by atoms with Crippen molar-refractivity contribution in [3.8, 4) is 11.5 Å². The van der Waals surface area contributed by atoms with E-state index in [-0.39, 0.29) is 0 Å². The minimum atomic E-state index is -0.499. The molecule has 25 heavy (non-hydrogen) atoms. The summed E-state index contributed by atoms with van der Waals surface area (Å²) in [6.07, 6.45) is 3.65. The quantitative estimate of drug-likeness (QED) is 0.323. The first-order valence-corrected chi connectivity index (χ1v) is 7.89. The Morgan fingerprint density at radius 2 is 1.52 bits per heavy atom. The van der Waals surface area contributed by atoms with Crippen LogP contribution in [0.2, 0.25) is 0 Å².